The minimum Gasteiger partial charge on any atom is -0.497 e. The molecule has 140 valence electrons. The monoisotopic (exact) mass is 380 g/mol. The molecule has 0 aliphatic carbocycles. The Balaban J connectivity index is 1.59. The topological polar surface area (TPSA) is 129 Å². The average Bonchev–Trinajstić information content (AvgIpc) is 3.27. The molecule has 0 N–H and O–H groups in total. The van der Waals surface area contributed by atoms with Crippen molar-refractivity contribution in [2.45, 2.75) is 6.54 Å². The fourth-order valence-corrected chi connectivity index (χ4v) is 2.92. The van der Waals surface area contributed by atoms with Gasteiger partial charge in [-0.15, -0.1) is 0 Å². The molecule has 0 radical (unpaired) electrons. The van der Waals surface area contributed by atoms with Crippen molar-refractivity contribution < 1.29 is 23.8 Å². The van der Waals surface area contributed by atoms with Crippen LogP contribution in [0, 0.1) is 10.1 Å². The molecular weight excluding hydrogens is 368 g/mol. The molecule has 28 heavy (non-hydrogen) atoms. The fraction of sp³-hybridized carbons (Fsp3) is 0.111. The quantitative estimate of drug-likeness (QED) is 0.375. The first-order chi connectivity index (χ1) is 13.5. The number of benzene rings is 2. The first-order valence-corrected chi connectivity index (χ1v) is 8.10. The molecule has 0 bridgehead atoms. The smallest absolute Gasteiger partial charge is 0.282 e. The number of carbonyl (C=O) groups is 2. The second kappa shape index (κ2) is 6.58. The van der Waals surface area contributed by atoms with Crippen molar-refractivity contribution in [1.82, 2.24) is 15.0 Å². The Kier molecular flexibility index (Phi) is 4.07. The lowest BCUT2D eigenvalue weighted by Gasteiger charge is -2.09. The molecule has 2 amide bonds. The molecule has 1 aliphatic rings. The number of nitro groups is 1. The highest BCUT2D eigenvalue weighted by molar-refractivity contribution is 6.23. The van der Waals surface area contributed by atoms with Gasteiger partial charge >= 0.3 is 0 Å². The minimum absolute atomic E-state index is 0.0194. The SMILES string of the molecule is COc1ccc(-c2noc(CN3C(=O)c4cccc([N+](=O)[O-])c4C3=O)n2)cc1. The first-order valence-electron chi connectivity index (χ1n) is 8.10. The van der Waals surface area contributed by atoms with Crippen LogP contribution in [0.15, 0.2) is 47.0 Å². The predicted octanol–water partition coefficient (Wildman–Crippen LogP) is 2.45. The fourth-order valence-electron chi connectivity index (χ4n) is 2.92. The zero-order valence-electron chi connectivity index (χ0n) is 14.5. The third-order valence-corrected chi connectivity index (χ3v) is 4.28. The summed E-state index contributed by atoms with van der Waals surface area (Å²) >= 11 is 0. The van der Waals surface area contributed by atoms with Gasteiger partial charge < -0.3 is 9.26 Å². The normalized spacial score (nSPS) is 13.0. The predicted molar refractivity (Wildman–Crippen MR) is 93.6 cm³/mol. The number of rotatable bonds is 5. The molecule has 0 saturated heterocycles. The van der Waals surface area contributed by atoms with Gasteiger partial charge in [0.25, 0.3) is 17.5 Å². The third-order valence-electron chi connectivity index (χ3n) is 4.28. The van der Waals surface area contributed by atoms with E-state index in [1.54, 1.807) is 31.4 Å². The van der Waals surface area contributed by atoms with Gasteiger partial charge in [-0.1, -0.05) is 11.2 Å². The van der Waals surface area contributed by atoms with E-state index in [1.807, 2.05) is 0 Å². The summed E-state index contributed by atoms with van der Waals surface area (Å²) < 4.78 is 10.2. The maximum Gasteiger partial charge on any atom is 0.282 e. The second-order valence-electron chi connectivity index (χ2n) is 5.89. The Bertz CT molecular complexity index is 1110. The Hall–Kier alpha value is -4.08. The molecule has 0 fully saturated rings. The summed E-state index contributed by atoms with van der Waals surface area (Å²) in [6, 6.07) is 10.8. The van der Waals surface area contributed by atoms with Gasteiger partial charge in [0.2, 0.25) is 11.7 Å². The van der Waals surface area contributed by atoms with E-state index >= 15 is 0 Å². The van der Waals surface area contributed by atoms with Crippen LogP contribution >= 0.6 is 0 Å². The van der Waals surface area contributed by atoms with Crippen LogP contribution in [0.2, 0.25) is 0 Å². The third kappa shape index (κ3) is 2.76. The van der Waals surface area contributed by atoms with Crippen molar-refractivity contribution in [2.24, 2.45) is 0 Å². The van der Waals surface area contributed by atoms with Crippen molar-refractivity contribution >= 4 is 17.5 Å². The Morgan fingerprint density at radius 2 is 1.89 bits per heavy atom. The number of carbonyl (C=O) groups excluding carboxylic acids is 2. The molecule has 2 heterocycles. The van der Waals surface area contributed by atoms with E-state index in [4.69, 9.17) is 9.26 Å². The van der Waals surface area contributed by atoms with Gasteiger partial charge in [-0.25, -0.2) is 0 Å². The molecule has 0 spiro atoms. The number of aromatic nitrogens is 2. The summed E-state index contributed by atoms with van der Waals surface area (Å²) in [6.07, 6.45) is 0. The van der Waals surface area contributed by atoms with Gasteiger partial charge in [0.05, 0.1) is 17.6 Å². The van der Waals surface area contributed by atoms with Crippen LogP contribution in [-0.4, -0.2) is 38.9 Å². The Morgan fingerprint density at radius 3 is 2.57 bits per heavy atom. The number of hydrogen-bond acceptors (Lipinski definition) is 8. The number of ether oxygens (including phenoxy) is 1. The van der Waals surface area contributed by atoms with Gasteiger partial charge in [-0.05, 0) is 30.3 Å². The number of imide groups is 1. The number of amides is 2. The van der Waals surface area contributed by atoms with Crippen molar-refractivity contribution in [1.29, 1.82) is 0 Å². The number of methoxy groups -OCH3 is 1. The first kappa shape index (κ1) is 17.3. The van der Waals surface area contributed by atoms with E-state index in [0.29, 0.717) is 11.3 Å². The second-order valence-corrected chi connectivity index (χ2v) is 5.89. The molecule has 1 aromatic heterocycles. The molecule has 10 heteroatoms. The highest BCUT2D eigenvalue weighted by Gasteiger charge is 2.41. The molecule has 3 aromatic rings. The summed E-state index contributed by atoms with van der Waals surface area (Å²) in [5, 5.41) is 15.0. The summed E-state index contributed by atoms with van der Waals surface area (Å²) in [5.41, 5.74) is -0.00177. The van der Waals surface area contributed by atoms with Gasteiger partial charge in [0.15, 0.2) is 0 Å². The van der Waals surface area contributed by atoms with E-state index < -0.39 is 22.4 Å². The van der Waals surface area contributed by atoms with E-state index in [2.05, 4.69) is 10.1 Å². The van der Waals surface area contributed by atoms with Crippen LogP contribution in [0.1, 0.15) is 26.6 Å². The van der Waals surface area contributed by atoms with Crippen LogP contribution in [0.5, 0.6) is 5.75 Å². The van der Waals surface area contributed by atoms with Gasteiger partial charge in [0.1, 0.15) is 17.9 Å². The van der Waals surface area contributed by atoms with Crippen molar-refractivity contribution in [3.8, 4) is 17.1 Å². The minimum atomic E-state index is -0.767. The highest BCUT2D eigenvalue weighted by Crippen LogP contribution is 2.31. The highest BCUT2D eigenvalue weighted by atomic mass is 16.6. The molecular formula is C18H12N4O6. The van der Waals surface area contributed by atoms with Crippen molar-refractivity contribution in [3.63, 3.8) is 0 Å². The molecule has 0 unspecified atom stereocenters. The standard InChI is InChI=1S/C18H12N4O6/c1-27-11-7-5-10(6-8-11)16-19-14(28-20-16)9-21-17(23)12-3-2-4-13(22(25)26)15(12)18(21)24/h2-8H,9H2,1H3. The molecule has 0 atom stereocenters. The average molecular weight is 380 g/mol. The Labute approximate surface area is 157 Å². The number of fused-ring (bicyclic) bond motifs is 1. The van der Waals surface area contributed by atoms with Crippen LogP contribution in [0.25, 0.3) is 11.4 Å². The van der Waals surface area contributed by atoms with Gasteiger partial charge in [0, 0.05) is 11.6 Å². The van der Waals surface area contributed by atoms with Crippen LogP contribution in [0.4, 0.5) is 5.69 Å². The molecule has 0 saturated carbocycles. The zero-order valence-corrected chi connectivity index (χ0v) is 14.5. The maximum absolute atomic E-state index is 12.6. The molecule has 4 rings (SSSR count). The van der Waals surface area contributed by atoms with Crippen LogP contribution in [-0.2, 0) is 6.54 Å². The maximum atomic E-state index is 12.6. The van der Waals surface area contributed by atoms with E-state index in [-0.39, 0.29) is 29.4 Å². The van der Waals surface area contributed by atoms with Crippen LogP contribution < -0.4 is 4.74 Å². The lowest BCUT2D eigenvalue weighted by Crippen LogP contribution is -2.29. The van der Waals surface area contributed by atoms with E-state index in [0.717, 1.165) is 4.90 Å². The van der Waals surface area contributed by atoms with Crippen molar-refractivity contribution in [2.75, 3.05) is 7.11 Å². The van der Waals surface area contributed by atoms with E-state index in [9.17, 15) is 19.7 Å². The van der Waals surface area contributed by atoms with E-state index in [1.165, 1.54) is 18.2 Å². The van der Waals surface area contributed by atoms with Gasteiger partial charge in [-0.2, -0.15) is 4.98 Å². The van der Waals surface area contributed by atoms with Crippen LogP contribution in [0.3, 0.4) is 0 Å². The summed E-state index contributed by atoms with van der Waals surface area (Å²) in [4.78, 5) is 40.6. The molecule has 1 aliphatic heterocycles. The number of hydrogen-bond donors (Lipinski definition) is 0. The summed E-state index contributed by atoms with van der Waals surface area (Å²) in [6.45, 7) is -0.285. The lowest BCUT2D eigenvalue weighted by atomic mass is 10.1. The molecule has 2 aromatic carbocycles. The number of nitro benzene ring substituents is 1. The summed E-state index contributed by atoms with van der Waals surface area (Å²) in [7, 11) is 1.55. The van der Waals surface area contributed by atoms with Crippen molar-refractivity contribution in [3.05, 3.63) is 69.6 Å². The largest absolute Gasteiger partial charge is 0.497 e. The molecule has 10 nitrogen and oxygen atoms in total. The zero-order chi connectivity index (χ0) is 19.8. The Morgan fingerprint density at radius 1 is 1.14 bits per heavy atom. The number of nitrogens with zero attached hydrogens (tertiary/aromatic N) is 4. The lowest BCUT2D eigenvalue weighted by molar-refractivity contribution is -0.385. The van der Waals surface area contributed by atoms with Gasteiger partial charge in [-0.3, -0.25) is 24.6 Å². The summed E-state index contributed by atoms with van der Waals surface area (Å²) in [5.74, 6) is -0.437.